The van der Waals surface area contributed by atoms with Crippen molar-refractivity contribution in [3.63, 3.8) is 0 Å². The first kappa shape index (κ1) is 17.0. The van der Waals surface area contributed by atoms with Crippen molar-refractivity contribution in [2.45, 2.75) is 52.6 Å². The summed E-state index contributed by atoms with van der Waals surface area (Å²) in [6, 6.07) is 0. The molecule has 2 fully saturated rings. The van der Waals surface area contributed by atoms with Gasteiger partial charge in [-0.2, -0.15) is 0 Å². The second kappa shape index (κ2) is 5.03. The van der Waals surface area contributed by atoms with Crippen molar-refractivity contribution in [1.29, 1.82) is 0 Å². The maximum Gasteiger partial charge on any atom is 0.178 e. The Balaban J connectivity index is 1.79. The molecule has 134 valence electrons. The van der Waals surface area contributed by atoms with Crippen LogP contribution in [0, 0.1) is 34.5 Å². The molecule has 0 spiro atoms. The minimum atomic E-state index is -1.22. The van der Waals surface area contributed by atoms with Gasteiger partial charge in [-0.3, -0.25) is 9.59 Å². The van der Waals surface area contributed by atoms with Crippen molar-refractivity contribution in [3.05, 3.63) is 36.0 Å². The first-order chi connectivity index (χ1) is 11.6. The van der Waals surface area contributed by atoms with Gasteiger partial charge in [-0.05, 0) is 67.6 Å². The molecule has 0 saturated heterocycles. The predicted molar refractivity (Wildman–Crippen MR) is 96.7 cm³/mol. The number of rotatable bonds is 1. The Hall–Kier alpha value is -1.48. The summed E-state index contributed by atoms with van der Waals surface area (Å²) in [6.07, 6.45) is 12.6. The summed E-state index contributed by atoms with van der Waals surface area (Å²) >= 11 is 0. The Bertz CT molecular complexity index is 744. The highest BCUT2D eigenvalue weighted by atomic mass is 16.3. The molecule has 1 N–H and O–H groups in total. The van der Waals surface area contributed by atoms with Crippen molar-refractivity contribution < 1.29 is 14.7 Å². The molecule has 3 heteroatoms. The molecule has 4 aliphatic carbocycles. The van der Waals surface area contributed by atoms with Gasteiger partial charge < -0.3 is 5.11 Å². The van der Waals surface area contributed by atoms with Gasteiger partial charge in [0.15, 0.2) is 11.6 Å². The molecule has 4 aliphatic rings. The predicted octanol–water partition coefficient (Wildman–Crippen LogP) is 3.64. The van der Waals surface area contributed by atoms with E-state index in [2.05, 4.69) is 32.1 Å². The van der Waals surface area contributed by atoms with Gasteiger partial charge in [-0.1, -0.05) is 39.0 Å². The third-order valence-corrected chi connectivity index (χ3v) is 8.23. The molecule has 7 atom stereocenters. The van der Waals surface area contributed by atoms with Crippen LogP contribution in [0.5, 0.6) is 0 Å². The normalized spacial score (nSPS) is 50.8. The van der Waals surface area contributed by atoms with E-state index in [9.17, 15) is 14.7 Å². The summed E-state index contributed by atoms with van der Waals surface area (Å²) < 4.78 is 0. The Morgan fingerprint density at radius 1 is 1.24 bits per heavy atom. The minimum absolute atomic E-state index is 0.0135. The largest absolute Gasteiger partial charge is 0.381 e. The van der Waals surface area contributed by atoms with E-state index in [4.69, 9.17) is 0 Å². The first-order valence-electron chi connectivity index (χ1n) is 9.51. The average molecular weight is 340 g/mol. The van der Waals surface area contributed by atoms with Crippen LogP contribution in [0.4, 0.5) is 0 Å². The Morgan fingerprint density at radius 2 is 1.96 bits per heavy atom. The van der Waals surface area contributed by atoms with Crippen molar-refractivity contribution in [3.8, 4) is 0 Å². The molecule has 0 bridgehead atoms. The second-order valence-corrected chi connectivity index (χ2v) is 9.18. The van der Waals surface area contributed by atoms with E-state index in [0.717, 1.165) is 24.8 Å². The van der Waals surface area contributed by atoms with E-state index in [1.54, 1.807) is 19.1 Å². The number of Topliss-reactive ketones (excluding diaryl/α,β-unsaturated/α-hetero) is 1. The lowest BCUT2D eigenvalue weighted by Gasteiger charge is -2.56. The topological polar surface area (TPSA) is 54.4 Å². The quantitative estimate of drug-likeness (QED) is 0.793. The number of hydrogen-bond donors (Lipinski definition) is 1. The summed E-state index contributed by atoms with van der Waals surface area (Å²) in [4.78, 5) is 24.2. The molecule has 4 rings (SSSR count). The van der Waals surface area contributed by atoms with Gasteiger partial charge in [0.2, 0.25) is 0 Å². The van der Waals surface area contributed by atoms with Gasteiger partial charge in [0.1, 0.15) is 5.60 Å². The third-order valence-electron chi connectivity index (χ3n) is 8.23. The molecule has 0 amide bonds. The van der Waals surface area contributed by atoms with Gasteiger partial charge in [0, 0.05) is 10.8 Å². The highest BCUT2D eigenvalue weighted by molar-refractivity contribution is 6.01. The van der Waals surface area contributed by atoms with Crippen molar-refractivity contribution >= 4 is 11.6 Å². The van der Waals surface area contributed by atoms with Crippen LogP contribution in [-0.2, 0) is 9.59 Å². The molecule has 0 aromatic rings. The zero-order valence-corrected chi connectivity index (χ0v) is 15.6. The van der Waals surface area contributed by atoms with Crippen LogP contribution < -0.4 is 0 Å². The number of carbonyl (C=O) groups is 2. The van der Waals surface area contributed by atoms with Gasteiger partial charge in [-0.25, -0.2) is 0 Å². The lowest BCUT2D eigenvalue weighted by molar-refractivity contribution is -0.161. The highest BCUT2D eigenvalue weighted by Gasteiger charge is 2.67. The number of hydrogen-bond acceptors (Lipinski definition) is 3. The van der Waals surface area contributed by atoms with E-state index in [-0.39, 0.29) is 28.3 Å². The maximum atomic E-state index is 12.4. The van der Waals surface area contributed by atoms with Crippen LogP contribution in [0.2, 0.25) is 0 Å². The van der Waals surface area contributed by atoms with Crippen molar-refractivity contribution in [2.75, 3.05) is 0 Å². The molecule has 2 saturated carbocycles. The third kappa shape index (κ3) is 1.91. The van der Waals surface area contributed by atoms with E-state index >= 15 is 0 Å². The van der Waals surface area contributed by atoms with Crippen LogP contribution in [0.25, 0.3) is 0 Å². The highest BCUT2D eigenvalue weighted by Crippen LogP contribution is 2.67. The van der Waals surface area contributed by atoms with Gasteiger partial charge in [-0.15, -0.1) is 0 Å². The van der Waals surface area contributed by atoms with Crippen molar-refractivity contribution in [1.82, 2.24) is 0 Å². The fraction of sp³-hybridized carbons (Fsp3) is 0.636. The maximum absolute atomic E-state index is 12.4. The minimum Gasteiger partial charge on any atom is -0.381 e. The van der Waals surface area contributed by atoms with E-state index in [1.165, 1.54) is 0 Å². The lowest BCUT2D eigenvalue weighted by Crippen LogP contribution is -2.57. The summed E-state index contributed by atoms with van der Waals surface area (Å²) in [7, 11) is 0. The standard InChI is InChI=1S/C22H28O3/c1-13-11-19-17-6-5-15-12-16(24)7-9-20(15,3)18(17)8-10-21(19,4)22(13,25)14(2)23/h5-7,9,12-13,17-19,25H,8,10-11H2,1-4H3/t13-,17-,18+,19+,20+,21+,22+/m1/s1. The van der Waals surface area contributed by atoms with Crippen LogP contribution in [0.3, 0.4) is 0 Å². The van der Waals surface area contributed by atoms with E-state index < -0.39 is 5.60 Å². The molecule has 3 nitrogen and oxygen atoms in total. The molecular weight excluding hydrogens is 312 g/mol. The fourth-order valence-electron chi connectivity index (χ4n) is 6.75. The fourth-order valence-corrected chi connectivity index (χ4v) is 6.75. The summed E-state index contributed by atoms with van der Waals surface area (Å²) in [5, 5.41) is 11.4. The monoisotopic (exact) mass is 340 g/mol. The van der Waals surface area contributed by atoms with Crippen LogP contribution in [0.15, 0.2) is 36.0 Å². The molecule has 0 aromatic carbocycles. The van der Waals surface area contributed by atoms with Gasteiger partial charge in [0.25, 0.3) is 0 Å². The number of aliphatic hydroxyl groups is 1. The molecular formula is C22H28O3. The van der Waals surface area contributed by atoms with Crippen LogP contribution in [0.1, 0.15) is 47.0 Å². The number of carbonyl (C=O) groups excluding carboxylic acids is 2. The lowest BCUT2D eigenvalue weighted by atomic mass is 9.48. The van der Waals surface area contributed by atoms with Gasteiger partial charge in [0.05, 0.1) is 0 Å². The van der Waals surface area contributed by atoms with Gasteiger partial charge >= 0.3 is 0 Å². The number of fused-ring (bicyclic) bond motifs is 5. The molecule has 0 aliphatic heterocycles. The zero-order chi connectivity index (χ0) is 18.2. The Morgan fingerprint density at radius 3 is 2.64 bits per heavy atom. The molecule has 0 unspecified atom stereocenters. The summed E-state index contributed by atoms with van der Waals surface area (Å²) in [6.45, 7) is 7.94. The molecule has 0 radical (unpaired) electrons. The van der Waals surface area contributed by atoms with Crippen molar-refractivity contribution in [2.24, 2.45) is 34.5 Å². The molecule has 0 heterocycles. The van der Waals surface area contributed by atoms with Crippen LogP contribution in [-0.4, -0.2) is 22.3 Å². The Kier molecular flexibility index (Phi) is 3.41. The SMILES string of the molecule is CC(=O)[C@@]1(O)[C@H](C)C[C@H]2[C@@H]3C=CC4=CC(=O)C=C[C@]4(C)[C@H]3CC[C@@]21C. The van der Waals surface area contributed by atoms with E-state index in [1.807, 2.05) is 6.92 Å². The second-order valence-electron chi connectivity index (χ2n) is 9.18. The molecule has 25 heavy (non-hydrogen) atoms. The number of ketones is 2. The zero-order valence-electron chi connectivity index (χ0n) is 15.6. The summed E-state index contributed by atoms with van der Waals surface area (Å²) in [5.41, 5.74) is -0.589. The first-order valence-corrected chi connectivity index (χ1v) is 9.51. The summed E-state index contributed by atoms with van der Waals surface area (Å²) in [5.74, 6) is 1.04. The molecule has 0 aromatic heterocycles. The average Bonchev–Trinajstić information content (AvgIpc) is 2.77. The smallest absolute Gasteiger partial charge is 0.178 e. The van der Waals surface area contributed by atoms with Crippen LogP contribution >= 0.6 is 0 Å². The van der Waals surface area contributed by atoms with E-state index in [0.29, 0.717) is 17.8 Å². The number of allylic oxidation sites excluding steroid dienone is 6. The Labute approximate surface area is 149 Å².